The van der Waals surface area contributed by atoms with E-state index in [2.05, 4.69) is 17.6 Å². The van der Waals surface area contributed by atoms with E-state index in [0.29, 0.717) is 82.4 Å². The van der Waals surface area contributed by atoms with Crippen molar-refractivity contribution in [1.29, 1.82) is 0 Å². The van der Waals surface area contributed by atoms with E-state index in [1.54, 1.807) is 30.0 Å². The number of rotatable bonds is 16. The zero-order chi connectivity index (χ0) is 49.7. The SMILES string of the molecule is CCc1ccc(N(Cc2ccc(N)cc2)C(=O)Nc2c(CC)c(N)cc(Cl)c2CC)cc1.CCc1ccc(N(Cc2ccc([N+](=O)[O-])cc2)C(=O)Nc2c(CC)c(Cl)cc([N+](=O)[O-])c2CC)cc1. The standard InChI is InChI=1S/C26H27ClN4O5.C26H31ClN4O/c1-4-17-7-11-19(12-8-17)29(16-18-9-13-20(14-10-18)30(33)34)26(32)28-25-21(5-2)23(27)15-24(31(35)36)22(25)6-3;1-4-17-9-13-20(14-10-17)31(16-18-7-11-19(28)12-8-18)26(32)30-25-21(5-2)23(27)15-24(29)22(25)6-3/h7-15H,4-6,16H2,1-3H3,(H,28,32);7-15H,4-6,16,28-29H2,1-3H3,(H,30,32). The topological polar surface area (TPSA) is 203 Å². The van der Waals surface area contributed by atoms with Crippen LogP contribution in [0.3, 0.4) is 0 Å². The second kappa shape index (κ2) is 24.0. The number of urea groups is 2. The molecule has 14 nitrogen and oxygen atoms in total. The van der Waals surface area contributed by atoms with Crippen LogP contribution in [0.5, 0.6) is 0 Å². The summed E-state index contributed by atoms with van der Waals surface area (Å²) in [5.41, 5.74) is 22.4. The van der Waals surface area contributed by atoms with Crippen LogP contribution in [0.4, 0.5) is 55.1 Å². The van der Waals surface area contributed by atoms with Gasteiger partial charge in [-0.1, -0.05) is 113 Å². The van der Waals surface area contributed by atoms with Crippen molar-refractivity contribution in [1.82, 2.24) is 0 Å². The number of carbonyl (C=O) groups excluding carboxylic acids is 2. The van der Waals surface area contributed by atoms with Gasteiger partial charge in [-0.2, -0.15) is 0 Å². The number of non-ortho nitro benzene ring substituents is 1. The molecular weight excluding hydrogens is 904 g/mol. The number of nitro groups is 2. The number of hydrogen-bond acceptors (Lipinski definition) is 8. The predicted molar refractivity (Wildman–Crippen MR) is 277 cm³/mol. The minimum Gasteiger partial charge on any atom is -0.399 e. The molecular formula is C52H58Cl2N8O6. The number of nitro benzene ring substituents is 2. The molecule has 0 aromatic heterocycles. The van der Waals surface area contributed by atoms with E-state index in [1.165, 1.54) is 28.7 Å². The summed E-state index contributed by atoms with van der Waals surface area (Å²) in [4.78, 5) is 52.2. The minimum absolute atomic E-state index is 0.0477. The van der Waals surface area contributed by atoms with Crippen LogP contribution in [-0.4, -0.2) is 21.9 Å². The molecule has 16 heteroatoms. The van der Waals surface area contributed by atoms with Crippen molar-refractivity contribution in [2.75, 3.05) is 31.9 Å². The summed E-state index contributed by atoms with van der Waals surface area (Å²) in [5, 5.41) is 29.5. The molecule has 6 aromatic carbocycles. The van der Waals surface area contributed by atoms with Crippen molar-refractivity contribution >= 4 is 80.8 Å². The molecule has 0 saturated heterocycles. The van der Waals surface area contributed by atoms with E-state index >= 15 is 0 Å². The van der Waals surface area contributed by atoms with Gasteiger partial charge in [0.2, 0.25) is 0 Å². The fourth-order valence-corrected chi connectivity index (χ4v) is 8.50. The van der Waals surface area contributed by atoms with Crippen LogP contribution in [0.15, 0.2) is 109 Å². The summed E-state index contributed by atoms with van der Waals surface area (Å²) in [6.45, 7) is 12.3. The second-order valence-corrected chi connectivity index (χ2v) is 16.7. The van der Waals surface area contributed by atoms with Crippen LogP contribution in [0.1, 0.15) is 86.1 Å². The molecule has 6 N–H and O–H groups in total. The fraction of sp³-hybridized carbons (Fsp3) is 0.269. The molecule has 6 rings (SSSR count). The Hall–Kier alpha value is -7.16. The van der Waals surface area contributed by atoms with Crippen LogP contribution in [0.25, 0.3) is 0 Å². The Morgan fingerprint density at radius 1 is 0.515 bits per heavy atom. The van der Waals surface area contributed by atoms with Crippen LogP contribution in [0.2, 0.25) is 10.0 Å². The van der Waals surface area contributed by atoms with Crippen molar-refractivity contribution < 1.29 is 19.4 Å². The molecule has 0 unspecified atom stereocenters. The first-order chi connectivity index (χ1) is 32.6. The molecule has 0 fully saturated rings. The molecule has 356 valence electrons. The Labute approximate surface area is 407 Å². The number of hydrogen-bond donors (Lipinski definition) is 4. The van der Waals surface area contributed by atoms with Gasteiger partial charge < -0.3 is 22.1 Å². The number of anilines is 6. The van der Waals surface area contributed by atoms with Crippen LogP contribution in [0, 0.1) is 20.2 Å². The van der Waals surface area contributed by atoms with Crippen molar-refractivity contribution in [3.05, 3.63) is 184 Å². The van der Waals surface area contributed by atoms with Gasteiger partial charge in [-0.3, -0.25) is 30.0 Å². The molecule has 0 radical (unpaired) electrons. The first-order valence-corrected chi connectivity index (χ1v) is 23.3. The average molecular weight is 962 g/mol. The quantitative estimate of drug-likeness (QED) is 0.0416. The van der Waals surface area contributed by atoms with Gasteiger partial charge in [-0.05, 0) is 120 Å². The van der Waals surface area contributed by atoms with Crippen molar-refractivity contribution in [2.45, 2.75) is 93.2 Å². The molecule has 0 aliphatic rings. The maximum atomic E-state index is 13.7. The van der Waals surface area contributed by atoms with Crippen LogP contribution < -0.4 is 31.9 Å². The molecule has 0 spiro atoms. The lowest BCUT2D eigenvalue weighted by molar-refractivity contribution is -0.385. The van der Waals surface area contributed by atoms with Crippen LogP contribution >= 0.6 is 23.2 Å². The first-order valence-electron chi connectivity index (χ1n) is 22.6. The number of carbonyl (C=O) groups is 2. The lowest BCUT2D eigenvalue weighted by Crippen LogP contribution is -2.35. The Morgan fingerprint density at radius 2 is 0.897 bits per heavy atom. The summed E-state index contributed by atoms with van der Waals surface area (Å²) in [6.07, 6.45) is 3.93. The number of nitrogens with one attached hydrogen (secondary N) is 2. The molecule has 68 heavy (non-hydrogen) atoms. The third kappa shape index (κ3) is 12.6. The normalized spacial score (nSPS) is 10.7. The van der Waals surface area contributed by atoms with Gasteiger partial charge in [0.25, 0.3) is 11.4 Å². The van der Waals surface area contributed by atoms with Crippen molar-refractivity contribution in [3.63, 3.8) is 0 Å². The lowest BCUT2D eigenvalue weighted by Gasteiger charge is -2.26. The maximum Gasteiger partial charge on any atom is 0.326 e. The molecule has 0 aliphatic carbocycles. The first kappa shape index (κ1) is 51.8. The highest BCUT2D eigenvalue weighted by atomic mass is 35.5. The highest BCUT2D eigenvalue weighted by Crippen LogP contribution is 2.38. The second-order valence-electron chi connectivity index (χ2n) is 15.9. The van der Waals surface area contributed by atoms with Gasteiger partial charge >= 0.3 is 12.1 Å². The Bertz CT molecular complexity index is 2710. The Balaban J connectivity index is 0.000000256. The summed E-state index contributed by atoms with van der Waals surface area (Å²) in [6, 6.07) is 31.4. The predicted octanol–water partition coefficient (Wildman–Crippen LogP) is 13.5. The third-order valence-electron chi connectivity index (χ3n) is 11.7. The smallest absolute Gasteiger partial charge is 0.326 e. The Morgan fingerprint density at radius 3 is 1.28 bits per heavy atom. The number of nitrogens with zero attached hydrogens (tertiary/aromatic N) is 4. The van der Waals surface area contributed by atoms with Gasteiger partial charge in [-0.15, -0.1) is 0 Å². The number of nitrogens with two attached hydrogens (primary N) is 2. The summed E-state index contributed by atoms with van der Waals surface area (Å²) in [5.74, 6) is 0. The summed E-state index contributed by atoms with van der Waals surface area (Å²) < 4.78 is 0. The Kier molecular flexibility index (Phi) is 18.3. The summed E-state index contributed by atoms with van der Waals surface area (Å²) in [7, 11) is 0. The van der Waals surface area contributed by atoms with Gasteiger partial charge in [0.1, 0.15) is 0 Å². The van der Waals surface area contributed by atoms with Crippen molar-refractivity contribution in [3.8, 4) is 0 Å². The molecule has 0 heterocycles. The van der Waals surface area contributed by atoms with Crippen molar-refractivity contribution in [2.24, 2.45) is 0 Å². The zero-order valence-electron chi connectivity index (χ0n) is 39.2. The van der Waals surface area contributed by atoms with E-state index in [1.807, 2.05) is 100 Å². The molecule has 0 atom stereocenters. The van der Waals surface area contributed by atoms with E-state index in [0.717, 1.165) is 40.8 Å². The van der Waals surface area contributed by atoms with Gasteiger partial charge in [0.15, 0.2) is 0 Å². The third-order valence-corrected chi connectivity index (χ3v) is 12.3. The van der Waals surface area contributed by atoms with Gasteiger partial charge in [-0.25, -0.2) is 9.59 Å². The number of amides is 4. The van der Waals surface area contributed by atoms with E-state index in [9.17, 15) is 29.8 Å². The van der Waals surface area contributed by atoms with Gasteiger partial charge in [0.05, 0.1) is 44.9 Å². The molecule has 4 amide bonds. The molecule has 6 aromatic rings. The van der Waals surface area contributed by atoms with E-state index in [4.69, 9.17) is 34.7 Å². The minimum atomic E-state index is -0.502. The van der Waals surface area contributed by atoms with E-state index in [-0.39, 0.29) is 29.0 Å². The molecule has 0 bridgehead atoms. The zero-order valence-corrected chi connectivity index (χ0v) is 40.7. The van der Waals surface area contributed by atoms with Gasteiger partial charge in [0, 0.05) is 46.0 Å². The monoisotopic (exact) mass is 960 g/mol. The lowest BCUT2D eigenvalue weighted by atomic mass is 10.0. The van der Waals surface area contributed by atoms with E-state index < -0.39 is 15.9 Å². The maximum absolute atomic E-state index is 13.7. The highest BCUT2D eigenvalue weighted by molar-refractivity contribution is 6.32. The average Bonchev–Trinajstić information content (AvgIpc) is 3.33. The highest BCUT2D eigenvalue weighted by Gasteiger charge is 2.27. The number of halogens is 2. The molecule has 0 saturated carbocycles. The number of benzene rings is 6. The summed E-state index contributed by atoms with van der Waals surface area (Å²) >= 11 is 12.8. The number of nitrogen functional groups attached to an aromatic ring is 2. The number of aryl methyl sites for hydroxylation is 2. The molecule has 0 aliphatic heterocycles. The fourth-order valence-electron chi connectivity index (χ4n) is 7.82. The van der Waals surface area contributed by atoms with Crippen LogP contribution in [-0.2, 0) is 51.6 Å². The largest absolute Gasteiger partial charge is 0.399 e.